The number of piperidine rings is 1. The van der Waals surface area contributed by atoms with Crippen LogP contribution in [0.3, 0.4) is 0 Å². The average molecular weight is 298 g/mol. The smallest absolute Gasteiger partial charge is 0.414 e. The molecule has 4 rings (SSSR count). The third kappa shape index (κ3) is 2.29. The van der Waals surface area contributed by atoms with Crippen molar-refractivity contribution in [1.82, 2.24) is 15.3 Å². The molecule has 2 aliphatic rings. The number of carbonyl (C=O) groups excluding carboxylic acids is 1. The van der Waals surface area contributed by atoms with Gasteiger partial charge in [0.25, 0.3) is 0 Å². The third-order valence-electron chi connectivity index (χ3n) is 4.45. The van der Waals surface area contributed by atoms with Gasteiger partial charge < -0.3 is 10.1 Å². The Morgan fingerprint density at radius 3 is 2.86 bits per heavy atom. The van der Waals surface area contributed by atoms with E-state index in [0.29, 0.717) is 19.1 Å². The van der Waals surface area contributed by atoms with Crippen LogP contribution in [0.1, 0.15) is 24.5 Å². The molecule has 0 bridgehead atoms. The highest BCUT2D eigenvalue weighted by Crippen LogP contribution is 2.31. The highest BCUT2D eigenvalue weighted by molar-refractivity contribution is 5.93. The lowest BCUT2D eigenvalue weighted by molar-refractivity contribution is 0.181. The van der Waals surface area contributed by atoms with Crippen molar-refractivity contribution in [2.75, 3.05) is 31.1 Å². The van der Waals surface area contributed by atoms with Gasteiger partial charge in [-0.05, 0) is 44.1 Å². The molecule has 114 valence electrons. The lowest BCUT2D eigenvalue weighted by Crippen LogP contribution is -2.27. The number of amides is 1. The van der Waals surface area contributed by atoms with Crippen LogP contribution in [0.5, 0.6) is 0 Å². The Balaban J connectivity index is 1.73. The van der Waals surface area contributed by atoms with Crippen molar-refractivity contribution in [1.29, 1.82) is 0 Å². The van der Waals surface area contributed by atoms with Gasteiger partial charge in [0.2, 0.25) is 0 Å². The van der Waals surface area contributed by atoms with Gasteiger partial charge in [0, 0.05) is 17.0 Å². The van der Waals surface area contributed by atoms with Gasteiger partial charge >= 0.3 is 6.09 Å². The zero-order valence-corrected chi connectivity index (χ0v) is 12.3. The molecule has 1 amide bonds. The van der Waals surface area contributed by atoms with Crippen LogP contribution in [0.15, 0.2) is 24.5 Å². The minimum absolute atomic E-state index is 0.285. The Labute approximate surface area is 128 Å². The maximum atomic E-state index is 11.7. The molecule has 2 aliphatic heterocycles. The molecule has 0 unspecified atom stereocenters. The first-order valence-corrected chi connectivity index (χ1v) is 7.72. The van der Waals surface area contributed by atoms with E-state index in [-0.39, 0.29) is 6.09 Å². The molecule has 0 atom stereocenters. The van der Waals surface area contributed by atoms with E-state index in [1.165, 1.54) is 0 Å². The largest absolute Gasteiger partial charge is 0.447 e. The van der Waals surface area contributed by atoms with E-state index in [4.69, 9.17) is 4.74 Å². The van der Waals surface area contributed by atoms with Crippen LogP contribution in [0.2, 0.25) is 0 Å². The average Bonchev–Trinajstić information content (AvgIpc) is 3.00. The molecule has 1 aromatic carbocycles. The van der Waals surface area contributed by atoms with Crippen molar-refractivity contribution in [3.05, 3.63) is 30.2 Å². The number of anilines is 1. The van der Waals surface area contributed by atoms with Gasteiger partial charge in [-0.2, -0.15) is 0 Å². The van der Waals surface area contributed by atoms with Crippen LogP contribution < -0.4 is 10.2 Å². The molecule has 2 fully saturated rings. The molecule has 6 heteroatoms. The summed E-state index contributed by atoms with van der Waals surface area (Å²) in [6.07, 6.45) is 3.55. The van der Waals surface area contributed by atoms with E-state index in [0.717, 1.165) is 48.2 Å². The van der Waals surface area contributed by atoms with E-state index in [1.54, 1.807) is 11.2 Å². The van der Waals surface area contributed by atoms with Gasteiger partial charge in [-0.15, -0.1) is 0 Å². The van der Waals surface area contributed by atoms with Crippen LogP contribution >= 0.6 is 0 Å². The molecule has 1 N–H and O–H groups in total. The number of fused-ring (bicyclic) bond motifs is 1. The van der Waals surface area contributed by atoms with Crippen LogP contribution in [0.25, 0.3) is 10.9 Å². The van der Waals surface area contributed by atoms with Crippen molar-refractivity contribution in [3.63, 3.8) is 0 Å². The Morgan fingerprint density at radius 2 is 2.09 bits per heavy atom. The standard InChI is InChI=1S/C16H18N4O2/c21-16-20(7-8-22-16)12-1-2-13-14(9-12)18-10-19-15(13)11-3-5-17-6-4-11/h1-2,9-11,17H,3-8H2. The molecule has 0 radical (unpaired) electrons. The number of hydrogen-bond donors (Lipinski definition) is 1. The predicted molar refractivity (Wildman–Crippen MR) is 83.1 cm³/mol. The molecular formula is C16H18N4O2. The highest BCUT2D eigenvalue weighted by Gasteiger charge is 2.24. The zero-order valence-electron chi connectivity index (χ0n) is 12.3. The minimum atomic E-state index is -0.285. The SMILES string of the molecule is O=C1OCCN1c1ccc2c(C3CCNCC3)ncnc2c1. The number of ether oxygens (including phenoxy) is 1. The van der Waals surface area contributed by atoms with E-state index in [9.17, 15) is 4.79 Å². The quantitative estimate of drug-likeness (QED) is 0.919. The summed E-state index contributed by atoms with van der Waals surface area (Å²) in [5.74, 6) is 0.481. The number of nitrogens with zero attached hydrogens (tertiary/aromatic N) is 3. The summed E-state index contributed by atoms with van der Waals surface area (Å²) in [5.41, 5.74) is 2.85. The summed E-state index contributed by atoms with van der Waals surface area (Å²) >= 11 is 0. The number of benzene rings is 1. The summed E-state index contributed by atoms with van der Waals surface area (Å²) in [7, 11) is 0. The van der Waals surface area contributed by atoms with Gasteiger partial charge in [0.1, 0.15) is 12.9 Å². The fourth-order valence-corrected chi connectivity index (χ4v) is 3.28. The molecule has 2 aromatic rings. The van der Waals surface area contributed by atoms with E-state index in [1.807, 2.05) is 18.2 Å². The van der Waals surface area contributed by atoms with Gasteiger partial charge in [0.15, 0.2) is 0 Å². The van der Waals surface area contributed by atoms with E-state index >= 15 is 0 Å². The van der Waals surface area contributed by atoms with Gasteiger partial charge in [-0.25, -0.2) is 14.8 Å². The van der Waals surface area contributed by atoms with Crippen molar-refractivity contribution in [2.45, 2.75) is 18.8 Å². The second-order valence-electron chi connectivity index (χ2n) is 5.75. The van der Waals surface area contributed by atoms with Crippen molar-refractivity contribution >= 4 is 22.7 Å². The van der Waals surface area contributed by atoms with Crippen LogP contribution in [0.4, 0.5) is 10.5 Å². The molecule has 0 spiro atoms. The molecule has 22 heavy (non-hydrogen) atoms. The van der Waals surface area contributed by atoms with Crippen LogP contribution in [-0.4, -0.2) is 42.3 Å². The Morgan fingerprint density at radius 1 is 1.23 bits per heavy atom. The van der Waals surface area contributed by atoms with Gasteiger partial charge in [-0.3, -0.25) is 4.90 Å². The molecule has 3 heterocycles. The van der Waals surface area contributed by atoms with Gasteiger partial charge in [-0.1, -0.05) is 0 Å². The van der Waals surface area contributed by atoms with Crippen LogP contribution in [0, 0.1) is 0 Å². The first kappa shape index (κ1) is 13.5. The van der Waals surface area contributed by atoms with E-state index < -0.39 is 0 Å². The molecule has 6 nitrogen and oxygen atoms in total. The first-order valence-electron chi connectivity index (χ1n) is 7.72. The summed E-state index contributed by atoms with van der Waals surface area (Å²) in [4.78, 5) is 22.3. The highest BCUT2D eigenvalue weighted by atomic mass is 16.6. The van der Waals surface area contributed by atoms with Crippen molar-refractivity contribution in [3.8, 4) is 0 Å². The Hall–Kier alpha value is -2.21. The summed E-state index contributed by atoms with van der Waals surface area (Å²) in [6.45, 7) is 3.11. The van der Waals surface area contributed by atoms with Crippen molar-refractivity contribution < 1.29 is 9.53 Å². The lowest BCUT2D eigenvalue weighted by atomic mass is 9.92. The normalized spacial score (nSPS) is 19.6. The maximum absolute atomic E-state index is 11.7. The fraction of sp³-hybridized carbons (Fsp3) is 0.438. The Bertz CT molecular complexity index is 712. The summed E-state index contributed by atoms with van der Waals surface area (Å²) in [5, 5.41) is 4.47. The van der Waals surface area contributed by atoms with Crippen LogP contribution in [-0.2, 0) is 4.74 Å². The number of aromatic nitrogens is 2. The molecule has 2 saturated heterocycles. The summed E-state index contributed by atoms with van der Waals surface area (Å²) < 4.78 is 5.00. The maximum Gasteiger partial charge on any atom is 0.414 e. The predicted octanol–water partition coefficient (Wildman–Crippen LogP) is 2.05. The minimum Gasteiger partial charge on any atom is -0.447 e. The second kappa shape index (κ2) is 5.53. The van der Waals surface area contributed by atoms with Crippen molar-refractivity contribution in [2.24, 2.45) is 0 Å². The zero-order chi connectivity index (χ0) is 14.9. The first-order chi connectivity index (χ1) is 10.8. The molecule has 0 saturated carbocycles. The monoisotopic (exact) mass is 298 g/mol. The topological polar surface area (TPSA) is 67.3 Å². The fourth-order valence-electron chi connectivity index (χ4n) is 3.28. The summed E-state index contributed by atoms with van der Waals surface area (Å²) in [6, 6.07) is 5.95. The molecular weight excluding hydrogens is 280 g/mol. The number of hydrogen-bond acceptors (Lipinski definition) is 5. The third-order valence-corrected chi connectivity index (χ3v) is 4.45. The molecule has 1 aromatic heterocycles. The lowest BCUT2D eigenvalue weighted by Gasteiger charge is -2.23. The number of nitrogens with one attached hydrogen (secondary N) is 1. The number of cyclic esters (lactones) is 1. The van der Waals surface area contributed by atoms with Gasteiger partial charge in [0.05, 0.1) is 17.8 Å². The Kier molecular flexibility index (Phi) is 3.38. The second-order valence-corrected chi connectivity index (χ2v) is 5.75. The number of rotatable bonds is 2. The molecule has 0 aliphatic carbocycles. The van der Waals surface area contributed by atoms with E-state index in [2.05, 4.69) is 15.3 Å². The number of carbonyl (C=O) groups is 1.